The number of nitrogens with one attached hydrogen (secondary N) is 1. The summed E-state index contributed by atoms with van der Waals surface area (Å²) in [6.07, 6.45) is 1.49. The highest BCUT2D eigenvalue weighted by Gasteiger charge is 2.34. The van der Waals surface area contributed by atoms with Gasteiger partial charge in [-0.2, -0.15) is 0 Å². The van der Waals surface area contributed by atoms with Gasteiger partial charge in [-0.3, -0.25) is 15.0 Å². The molecule has 1 N–H and O–H groups in total. The van der Waals surface area contributed by atoms with E-state index in [0.717, 1.165) is 0 Å². The molecule has 25 heavy (non-hydrogen) atoms. The second-order valence-electron chi connectivity index (χ2n) is 5.22. The third-order valence-corrected chi connectivity index (χ3v) is 3.97. The van der Waals surface area contributed by atoms with Crippen molar-refractivity contribution in [2.45, 2.75) is 0 Å². The van der Waals surface area contributed by atoms with E-state index < -0.39 is 11.8 Å². The van der Waals surface area contributed by atoms with Crippen molar-refractivity contribution in [2.75, 3.05) is 19.2 Å². The standard InChI is InChI=1S/C18H15ClN2O4/c1-24-14-8-3-11(16(10-14)25-2)9-15-17(22)20-21(18(15)23)13-6-4-12(19)5-7-13/h3-10H,1-2H3,(H,20,22). The van der Waals surface area contributed by atoms with Crippen LogP contribution in [0.25, 0.3) is 6.08 Å². The van der Waals surface area contributed by atoms with Crippen LogP contribution in [0.4, 0.5) is 5.69 Å². The minimum Gasteiger partial charge on any atom is -0.497 e. The minimum absolute atomic E-state index is 0.0124. The Bertz CT molecular complexity index is 862. The lowest BCUT2D eigenvalue weighted by Gasteiger charge is -2.14. The Morgan fingerprint density at radius 3 is 2.40 bits per heavy atom. The van der Waals surface area contributed by atoms with Crippen molar-refractivity contribution >= 4 is 35.2 Å². The monoisotopic (exact) mass is 358 g/mol. The van der Waals surface area contributed by atoms with Gasteiger partial charge in [0.1, 0.15) is 17.1 Å². The predicted molar refractivity (Wildman–Crippen MR) is 94.6 cm³/mol. The molecule has 1 aliphatic heterocycles. The molecule has 0 radical (unpaired) electrons. The summed E-state index contributed by atoms with van der Waals surface area (Å²) in [6, 6.07) is 11.7. The fourth-order valence-electron chi connectivity index (χ4n) is 2.42. The maximum Gasteiger partial charge on any atom is 0.282 e. The van der Waals surface area contributed by atoms with Gasteiger partial charge in [0, 0.05) is 16.7 Å². The van der Waals surface area contributed by atoms with E-state index in [9.17, 15) is 9.59 Å². The number of amides is 2. The first-order valence-electron chi connectivity index (χ1n) is 7.38. The number of benzene rings is 2. The van der Waals surface area contributed by atoms with Crippen LogP contribution >= 0.6 is 11.6 Å². The summed E-state index contributed by atoms with van der Waals surface area (Å²) in [6.45, 7) is 0. The van der Waals surface area contributed by atoms with Gasteiger partial charge in [-0.1, -0.05) is 11.6 Å². The number of ether oxygens (including phenoxy) is 2. The lowest BCUT2D eigenvalue weighted by molar-refractivity contribution is -0.117. The number of rotatable bonds is 4. The van der Waals surface area contributed by atoms with Gasteiger partial charge in [0.15, 0.2) is 0 Å². The molecule has 2 aromatic rings. The van der Waals surface area contributed by atoms with Gasteiger partial charge in [0.05, 0.1) is 19.9 Å². The van der Waals surface area contributed by atoms with Crippen molar-refractivity contribution in [2.24, 2.45) is 0 Å². The van der Waals surface area contributed by atoms with Crippen LogP contribution in [0.15, 0.2) is 48.0 Å². The highest BCUT2D eigenvalue weighted by Crippen LogP contribution is 2.28. The highest BCUT2D eigenvalue weighted by molar-refractivity contribution is 6.32. The predicted octanol–water partition coefficient (Wildman–Crippen LogP) is 2.82. The minimum atomic E-state index is -0.488. The molecule has 0 aliphatic carbocycles. The Labute approximate surface area is 149 Å². The molecule has 0 aromatic heterocycles. The summed E-state index contributed by atoms with van der Waals surface area (Å²) >= 11 is 5.85. The molecular weight excluding hydrogens is 344 g/mol. The normalized spacial score (nSPS) is 15.5. The maximum absolute atomic E-state index is 12.6. The largest absolute Gasteiger partial charge is 0.497 e. The smallest absolute Gasteiger partial charge is 0.282 e. The summed E-state index contributed by atoms with van der Waals surface area (Å²) in [4.78, 5) is 24.8. The first-order chi connectivity index (χ1) is 12.0. The SMILES string of the molecule is COc1ccc(C=C2C(=O)NN(c3ccc(Cl)cc3)C2=O)c(OC)c1. The average Bonchev–Trinajstić information content (AvgIpc) is 2.91. The van der Waals surface area contributed by atoms with Crippen LogP contribution in [0.1, 0.15) is 5.56 Å². The molecule has 0 atom stereocenters. The Kier molecular flexibility index (Phi) is 4.63. The highest BCUT2D eigenvalue weighted by atomic mass is 35.5. The van der Waals surface area contributed by atoms with Crippen molar-refractivity contribution in [1.29, 1.82) is 0 Å². The Balaban J connectivity index is 1.95. The first-order valence-corrected chi connectivity index (χ1v) is 7.76. The van der Waals surface area contributed by atoms with E-state index >= 15 is 0 Å². The molecule has 2 amide bonds. The van der Waals surface area contributed by atoms with E-state index in [4.69, 9.17) is 21.1 Å². The number of hydrazine groups is 1. The lowest BCUT2D eigenvalue weighted by Crippen LogP contribution is -2.35. The zero-order valence-electron chi connectivity index (χ0n) is 13.6. The third-order valence-electron chi connectivity index (χ3n) is 3.72. The molecular formula is C18H15ClN2O4. The molecule has 2 aromatic carbocycles. The molecule has 0 saturated carbocycles. The molecule has 3 rings (SSSR count). The molecule has 128 valence electrons. The van der Waals surface area contributed by atoms with Crippen molar-refractivity contribution < 1.29 is 19.1 Å². The van der Waals surface area contributed by atoms with Gasteiger partial charge in [-0.15, -0.1) is 0 Å². The van der Waals surface area contributed by atoms with Crippen LogP contribution < -0.4 is 19.9 Å². The van der Waals surface area contributed by atoms with Crippen LogP contribution in [0.5, 0.6) is 11.5 Å². The quantitative estimate of drug-likeness (QED) is 0.674. The van der Waals surface area contributed by atoms with E-state index in [-0.39, 0.29) is 5.57 Å². The number of halogens is 1. The fraction of sp³-hybridized carbons (Fsp3) is 0.111. The topological polar surface area (TPSA) is 67.9 Å². The number of carbonyl (C=O) groups is 2. The molecule has 0 spiro atoms. The molecule has 0 unspecified atom stereocenters. The van der Waals surface area contributed by atoms with Crippen molar-refractivity contribution in [3.63, 3.8) is 0 Å². The molecule has 6 nitrogen and oxygen atoms in total. The summed E-state index contributed by atoms with van der Waals surface area (Å²) < 4.78 is 10.4. The number of carbonyl (C=O) groups excluding carboxylic acids is 2. The Morgan fingerprint density at radius 2 is 1.76 bits per heavy atom. The lowest BCUT2D eigenvalue weighted by atomic mass is 10.1. The third kappa shape index (κ3) is 3.29. The van der Waals surface area contributed by atoms with Gasteiger partial charge >= 0.3 is 0 Å². The van der Waals surface area contributed by atoms with Gasteiger partial charge in [0.25, 0.3) is 11.8 Å². The molecule has 7 heteroatoms. The average molecular weight is 359 g/mol. The van der Waals surface area contributed by atoms with Crippen molar-refractivity contribution in [3.8, 4) is 11.5 Å². The summed E-state index contributed by atoms with van der Waals surface area (Å²) in [7, 11) is 3.05. The number of nitrogens with zero attached hydrogens (tertiary/aromatic N) is 1. The molecule has 1 aliphatic rings. The van der Waals surface area contributed by atoms with E-state index in [1.807, 2.05) is 0 Å². The van der Waals surface area contributed by atoms with Crippen molar-refractivity contribution in [3.05, 3.63) is 58.6 Å². The van der Waals surface area contributed by atoms with Gasteiger partial charge < -0.3 is 9.47 Å². The van der Waals surface area contributed by atoms with E-state index in [1.54, 1.807) is 49.6 Å². The number of methoxy groups -OCH3 is 2. The first kappa shape index (κ1) is 16.9. The van der Waals surface area contributed by atoms with E-state index in [2.05, 4.69) is 5.43 Å². The van der Waals surface area contributed by atoms with E-state index in [1.165, 1.54) is 18.2 Å². The van der Waals surface area contributed by atoms with Crippen LogP contribution in [-0.2, 0) is 9.59 Å². The molecule has 1 heterocycles. The summed E-state index contributed by atoms with van der Waals surface area (Å²) in [5.41, 5.74) is 3.67. The Morgan fingerprint density at radius 1 is 1.04 bits per heavy atom. The van der Waals surface area contributed by atoms with Gasteiger partial charge in [-0.25, -0.2) is 5.01 Å². The second-order valence-corrected chi connectivity index (χ2v) is 5.66. The zero-order chi connectivity index (χ0) is 18.0. The fourth-order valence-corrected chi connectivity index (χ4v) is 2.55. The molecule has 1 saturated heterocycles. The maximum atomic E-state index is 12.6. The van der Waals surface area contributed by atoms with Crippen molar-refractivity contribution in [1.82, 2.24) is 5.43 Å². The second kappa shape index (κ2) is 6.86. The zero-order valence-corrected chi connectivity index (χ0v) is 14.3. The molecule has 0 bridgehead atoms. The van der Waals surface area contributed by atoms with Crippen LogP contribution in [0.2, 0.25) is 5.02 Å². The van der Waals surface area contributed by atoms with Crippen LogP contribution in [0.3, 0.4) is 0 Å². The van der Waals surface area contributed by atoms with Crippen LogP contribution in [0, 0.1) is 0 Å². The summed E-state index contributed by atoms with van der Waals surface area (Å²) in [5.74, 6) is 0.171. The van der Waals surface area contributed by atoms with E-state index in [0.29, 0.717) is 27.8 Å². The number of anilines is 1. The van der Waals surface area contributed by atoms with Crippen LogP contribution in [-0.4, -0.2) is 26.0 Å². The summed E-state index contributed by atoms with van der Waals surface area (Å²) in [5, 5.41) is 1.72. The van der Waals surface area contributed by atoms with Gasteiger partial charge in [0.2, 0.25) is 0 Å². The Hall–Kier alpha value is -2.99. The van der Waals surface area contributed by atoms with Gasteiger partial charge in [-0.05, 0) is 42.5 Å². The number of hydrogen-bond donors (Lipinski definition) is 1. The molecule has 1 fully saturated rings. The number of hydrogen-bond acceptors (Lipinski definition) is 4.